The molecule has 0 aliphatic carbocycles. The Morgan fingerprint density at radius 1 is 0.880 bits per heavy atom. The molecule has 0 unspecified atom stereocenters. The minimum absolute atomic E-state index is 0.134. The SMILES string of the molecule is O=S(=O)(CCc1ccccc1)N1CCN(c2cccc(Cl)c2Cl)CC1. The van der Waals surface area contributed by atoms with Gasteiger partial charge in [-0.25, -0.2) is 8.42 Å². The number of aryl methyl sites for hydroxylation is 1. The molecule has 0 aromatic heterocycles. The smallest absolute Gasteiger partial charge is 0.214 e. The number of rotatable bonds is 5. The van der Waals surface area contributed by atoms with Gasteiger partial charge in [0.2, 0.25) is 10.0 Å². The van der Waals surface area contributed by atoms with Crippen LogP contribution < -0.4 is 4.90 Å². The van der Waals surface area contributed by atoms with E-state index in [2.05, 4.69) is 4.90 Å². The van der Waals surface area contributed by atoms with E-state index < -0.39 is 10.0 Å². The van der Waals surface area contributed by atoms with E-state index in [0.29, 0.717) is 42.6 Å². The first-order valence-corrected chi connectivity index (χ1v) is 10.5. The summed E-state index contributed by atoms with van der Waals surface area (Å²) >= 11 is 12.3. The third-order valence-electron chi connectivity index (χ3n) is 4.40. The molecule has 0 N–H and O–H groups in total. The van der Waals surface area contributed by atoms with Crippen molar-refractivity contribution < 1.29 is 8.42 Å². The second kappa shape index (κ2) is 7.96. The van der Waals surface area contributed by atoms with Crippen LogP contribution in [0.15, 0.2) is 48.5 Å². The van der Waals surface area contributed by atoms with Gasteiger partial charge in [-0.15, -0.1) is 0 Å². The summed E-state index contributed by atoms with van der Waals surface area (Å²) in [7, 11) is -3.26. The molecule has 0 saturated carbocycles. The predicted molar refractivity (Wildman–Crippen MR) is 104 cm³/mol. The topological polar surface area (TPSA) is 40.6 Å². The van der Waals surface area contributed by atoms with Crippen molar-refractivity contribution in [2.75, 3.05) is 36.8 Å². The zero-order valence-electron chi connectivity index (χ0n) is 13.7. The van der Waals surface area contributed by atoms with Crippen molar-refractivity contribution in [1.82, 2.24) is 4.31 Å². The first kappa shape index (κ1) is 18.5. The van der Waals surface area contributed by atoms with E-state index in [4.69, 9.17) is 23.2 Å². The molecule has 2 aromatic rings. The number of hydrogen-bond donors (Lipinski definition) is 0. The number of halogens is 2. The lowest BCUT2D eigenvalue weighted by atomic mass is 10.2. The molecule has 1 heterocycles. The molecule has 1 fully saturated rings. The van der Waals surface area contributed by atoms with Crippen LogP contribution in [0.3, 0.4) is 0 Å². The highest BCUT2D eigenvalue weighted by Crippen LogP contribution is 2.33. The Hall–Kier alpha value is -1.27. The van der Waals surface area contributed by atoms with Gasteiger partial charge in [-0.2, -0.15) is 4.31 Å². The van der Waals surface area contributed by atoms with Crippen LogP contribution in [0.5, 0.6) is 0 Å². The van der Waals surface area contributed by atoms with Gasteiger partial charge in [0.1, 0.15) is 0 Å². The number of benzene rings is 2. The van der Waals surface area contributed by atoms with E-state index >= 15 is 0 Å². The highest BCUT2D eigenvalue weighted by Gasteiger charge is 2.27. The number of hydrogen-bond acceptors (Lipinski definition) is 3. The molecule has 3 rings (SSSR count). The van der Waals surface area contributed by atoms with Gasteiger partial charge in [0.15, 0.2) is 0 Å². The summed E-state index contributed by atoms with van der Waals surface area (Å²) in [5.41, 5.74) is 1.89. The van der Waals surface area contributed by atoms with Gasteiger partial charge in [0, 0.05) is 26.2 Å². The summed E-state index contributed by atoms with van der Waals surface area (Å²) in [4.78, 5) is 2.08. The molecular weight excluding hydrogens is 379 g/mol. The van der Waals surface area contributed by atoms with Gasteiger partial charge < -0.3 is 4.90 Å². The van der Waals surface area contributed by atoms with Crippen LogP contribution in [-0.4, -0.2) is 44.7 Å². The van der Waals surface area contributed by atoms with Crippen molar-refractivity contribution in [3.05, 3.63) is 64.1 Å². The summed E-state index contributed by atoms with van der Waals surface area (Å²) in [6, 6.07) is 15.2. The van der Waals surface area contributed by atoms with Crippen molar-refractivity contribution in [3.8, 4) is 0 Å². The summed E-state index contributed by atoms with van der Waals surface area (Å²) in [6.07, 6.45) is 0.531. The average molecular weight is 399 g/mol. The van der Waals surface area contributed by atoms with Gasteiger partial charge >= 0.3 is 0 Å². The fourth-order valence-corrected chi connectivity index (χ4v) is 4.85. The third-order valence-corrected chi connectivity index (χ3v) is 7.08. The molecule has 0 atom stereocenters. The highest BCUT2D eigenvalue weighted by molar-refractivity contribution is 7.89. The van der Waals surface area contributed by atoms with Crippen molar-refractivity contribution in [1.29, 1.82) is 0 Å². The van der Waals surface area contributed by atoms with Crippen molar-refractivity contribution in [2.45, 2.75) is 6.42 Å². The van der Waals surface area contributed by atoms with Crippen LogP contribution in [0, 0.1) is 0 Å². The average Bonchev–Trinajstić information content (AvgIpc) is 2.63. The van der Waals surface area contributed by atoms with Gasteiger partial charge in [0.05, 0.1) is 21.5 Å². The van der Waals surface area contributed by atoms with E-state index in [-0.39, 0.29) is 5.75 Å². The summed E-state index contributed by atoms with van der Waals surface area (Å²) < 4.78 is 26.7. The number of sulfonamides is 1. The van der Waals surface area contributed by atoms with Crippen LogP contribution in [0.4, 0.5) is 5.69 Å². The minimum Gasteiger partial charge on any atom is -0.368 e. The second-order valence-electron chi connectivity index (χ2n) is 6.01. The zero-order valence-corrected chi connectivity index (χ0v) is 16.1. The minimum atomic E-state index is -3.26. The van der Waals surface area contributed by atoms with E-state index in [1.54, 1.807) is 10.4 Å². The zero-order chi connectivity index (χ0) is 17.9. The fraction of sp³-hybridized carbons (Fsp3) is 0.333. The fourth-order valence-electron chi connectivity index (χ4n) is 2.96. The Kier molecular flexibility index (Phi) is 5.89. The van der Waals surface area contributed by atoms with Crippen LogP contribution in [-0.2, 0) is 16.4 Å². The molecule has 0 bridgehead atoms. The normalized spacial score (nSPS) is 16.2. The summed E-state index contributed by atoms with van der Waals surface area (Å²) in [5, 5.41) is 1.03. The Morgan fingerprint density at radius 3 is 2.24 bits per heavy atom. The van der Waals surface area contributed by atoms with Gasteiger partial charge in [0.25, 0.3) is 0 Å². The van der Waals surface area contributed by atoms with Crippen LogP contribution >= 0.6 is 23.2 Å². The maximum atomic E-state index is 12.6. The molecule has 0 spiro atoms. The first-order chi connectivity index (χ1) is 12.0. The molecule has 1 saturated heterocycles. The van der Waals surface area contributed by atoms with Gasteiger partial charge in [-0.1, -0.05) is 59.6 Å². The third kappa shape index (κ3) is 4.47. The lowest BCUT2D eigenvalue weighted by Crippen LogP contribution is -2.49. The highest BCUT2D eigenvalue weighted by atomic mass is 35.5. The summed E-state index contributed by atoms with van der Waals surface area (Å²) in [6.45, 7) is 2.12. The van der Waals surface area contributed by atoms with Crippen molar-refractivity contribution in [2.24, 2.45) is 0 Å². The lowest BCUT2D eigenvalue weighted by Gasteiger charge is -2.35. The van der Waals surface area contributed by atoms with Crippen molar-refractivity contribution >= 4 is 38.9 Å². The van der Waals surface area contributed by atoms with Crippen LogP contribution in [0.1, 0.15) is 5.56 Å². The number of piperazine rings is 1. The Morgan fingerprint density at radius 2 is 1.56 bits per heavy atom. The van der Waals surface area contributed by atoms with E-state index in [9.17, 15) is 8.42 Å². The predicted octanol–water partition coefficient (Wildman–Crippen LogP) is 3.69. The molecule has 1 aliphatic heterocycles. The van der Waals surface area contributed by atoms with Gasteiger partial charge in [-0.3, -0.25) is 0 Å². The molecule has 4 nitrogen and oxygen atoms in total. The molecule has 7 heteroatoms. The Labute approximate surface area is 159 Å². The number of anilines is 1. The van der Waals surface area contributed by atoms with Crippen LogP contribution in [0.2, 0.25) is 10.0 Å². The summed E-state index contributed by atoms with van der Waals surface area (Å²) in [5.74, 6) is 0.134. The number of nitrogens with zero attached hydrogens (tertiary/aromatic N) is 2. The molecule has 2 aromatic carbocycles. The van der Waals surface area contributed by atoms with E-state index in [1.807, 2.05) is 42.5 Å². The standard InChI is InChI=1S/C18H20Cl2N2O2S/c19-16-7-4-8-17(18(16)20)21-10-12-22(13-11-21)25(23,24)14-9-15-5-2-1-3-6-15/h1-8H,9-14H2. The molecule has 1 aliphatic rings. The maximum absolute atomic E-state index is 12.6. The Bertz CT molecular complexity index is 820. The molecule has 0 amide bonds. The Balaban J connectivity index is 1.60. The van der Waals surface area contributed by atoms with Crippen LogP contribution in [0.25, 0.3) is 0 Å². The largest absolute Gasteiger partial charge is 0.368 e. The maximum Gasteiger partial charge on any atom is 0.214 e. The molecule has 25 heavy (non-hydrogen) atoms. The second-order valence-corrected chi connectivity index (χ2v) is 8.88. The van der Waals surface area contributed by atoms with E-state index in [1.165, 1.54) is 0 Å². The molecular formula is C18H20Cl2N2O2S. The first-order valence-electron chi connectivity index (χ1n) is 8.18. The molecule has 134 valence electrons. The lowest BCUT2D eigenvalue weighted by molar-refractivity contribution is 0.385. The van der Waals surface area contributed by atoms with Crippen molar-refractivity contribution in [3.63, 3.8) is 0 Å². The van der Waals surface area contributed by atoms with Gasteiger partial charge in [-0.05, 0) is 24.1 Å². The van der Waals surface area contributed by atoms with E-state index in [0.717, 1.165) is 11.3 Å². The molecule has 0 radical (unpaired) electrons. The monoisotopic (exact) mass is 398 g/mol. The quantitative estimate of drug-likeness (QED) is 0.770.